The molecule has 4 heterocycles. The number of nitrogens with zero attached hydrogens (tertiary/aromatic N) is 5. The van der Waals surface area contributed by atoms with Gasteiger partial charge >= 0.3 is 0 Å². The summed E-state index contributed by atoms with van der Waals surface area (Å²) in [6.45, 7) is 0. The summed E-state index contributed by atoms with van der Waals surface area (Å²) < 4.78 is 34.7. The molecule has 0 saturated heterocycles. The van der Waals surface area contributed by atoms with E-state index in [4.69, 9.17) is 0 Å². The number of aryl methyl sites for hydroxylation is 1. The summed E-state index contributed by atoms with van der Waals surface area (Å²) in [5.74, 6) is -0.726. The number of benzene rings is 1. The van der Waals surface area contributed by atoms with Crippen molar-refractivity contribution in [3.05, 3.63) is 78.9 Å². The largest absolute Gasteiger partial charge is 0.315 e. The maximum atomic E-state index is 14.5. The second-order valence-corrected chi connectivity index (χ2v) is 7.86. The summed E-state index contributed by atoms with van der Waals surface area (Å²) in [5, 5.41) is 4.22. The van der Waals surface area contributed by atoms with Crippen molar-refractivity contribution < 1.29 is 8.78 Å². The van der Waals surface area contributed by atoms with Gasteiger partial charge < -0.3 is 4.72 Å². The predicted octanol–water partition coefficient (Wildman–Crippen LogP) is 5.43. The highest BCUT2D eigenvalue weighted by molar-refractivity contribution is 7.99. The summed E-state index contributed by atoms with van der Waals surface area (Å²) >= 11 is 1.38. The highest BCUT2D eigenvalue weighted by Gasteiger charge is 2.14. The zero-order valence-electron chi connectivity index (χ0n) is 17.3. The number of fused-ring (bicyclic) bond motifs is 1. The molecule has 5 aromatic rings. The fourth-order valence-electron chi connectivity index (χ4n) is 3.61. The average Bonchev–Trinajstić information content (AvgIpc) is 3.39. The van der Waals surface area contributed by atoms with Gasteiger partial charge in [0.1, 0.15) is 23.1 Å². The number of hydrogen-bond donors (Lipinski definition) is 1. The van der Waals surface area contributed by atoms with Gasteiger partial charge in [0.2, 0.25) is 0 Å². The maximum absolute atomic E-state index is 14.5. The Morgan fingerprint density at radius 3 is 2.59 bits per heavy atom. The van der Waals surface area contributed by atoms with E-state index in [2.05, 4.69) is 19.8 Å². The van der Waals surface area contributed by atoms with Crippen molar-refractivity contribution >= 4 is 23.4 Å². The number of pyridine rings is 2. The van der Waals surface area contributed by atoms with Crippen molar-refractivity contribution in [3.8, 4) is 33.6 Å². The highest BCUT2D eigenvalue weighted by Crippen LogP contribution is 2.31. The Kier molecular flexibility index (Phi) is 5.10. The second-order valence-electron chi connectivity index (χ2n) is 7.25. The van der Waals surface area contributed by atoms with Crippen LogP contribution in [0.15, 0.2) is 67.3 Å². The fourth-order valence-corrected chi connectivity index (χ4v) is 3.93. The van der Waals surface area contributed by atoms with Crippen LogP contribution in [-0.4, -0.2) is 30.4 Å². The third-order valence-electron chi connectivity index (χ3n) is 5.09. The van der Waals surface area contributed by atoms with Gasteiger partial charge in [0.15, 0.2) is 0 Å². The van der Waals surface area contributed by atoms with Crippen LogP contribution in [0.1, 0.15) is 0 Å². The molecule has 1 aromatic carbocycles. The van der Waals surface area contributed by atoms with E-state index in [0.717, 1.165) is 34.1 Å². The van der Waals surface area contributed by atoms with Crippen LogP contribution in [0.5, 0.6) is 0 Å². The number of hydrogen-bond acceptors (Lipinski definition) is 5. The Hall–Kier alpha value is -3.72. The van der Waals surface area contributed by atoms with Crippen LogP contribution in [-0.2, 0) is 7.05 Å². The number of halogens is 2. The fraction of sp³-hybridized carbons (Fsp3) is 0.0870. The molecule has 32 heavy (non-hydrogen) atoms. The average molecular weight is 449 g/mol. The zero-order valence-corrected chi connectivity index (χ0v) is 18.1. The van der Waals surface area contributed by atoms with Gasteiger partial charge in [-0.1, -0.05) is 11.9 Å². The van der Waals surface area contributed by atoms with Crippen LogP contribution in [0.4, 0.5) is 14.6 Å². The molecule has 4 aromatic heterocycles. The molecule has 0 bridgehead atoms. The molecule has 0 atom stereocenters. The third kappa shape index (κ3) is 3.71. The molecule has 1 N–H and O–H groups in total. The molecule has 160 valence electrons. The number of aromatic nitrogens is 5. The Bertz CT molecular complexity index is 1440. The highest BCUT2D eigenvalue weighted by atomic mass is 32.2. The van der Waals surface area contributed by atoms with Gasteiger partial charge in [-0.15, -0.1) is 0 Å². The second kappa shape index (κ2) is 8.08. The Morgan fingerprint density at radius 1 is 0.969 bits per heavy atom. The third-order valence-corrected chi connectivity index (χ3v) is 5.50. The summed E-state index contributed by atoms with van der Waals surface area (Å²) in [5.41, 5.74) is 5.04. The van der Waals surface area contributed by atoms with Gasteiger partial charge in [-0.25, -0.2) is 18.7 Å². The van der Waals surface area contributed by atoms with Crippen molar-refractivity contribution in [2.45, 2.75) is 0 Å². The minimum atomic E-state index is -0.663. The lowest BCUT2D eigenvalue weighted by molar-refractivity contribution is 0.585. The number of rotatable bonds is 5. The first-order chi connectivity index (χ1) is 15.5. The Morgan fingerprint density at radius 2 is 1.84 bits per heavy atom. The van der Waals surface area contributed by atoms with E-state index < -0.39 is 11.6 Å². The smallest absolute Gasteiger partial charge is 0.137 e. The van der Waals surface area contributed by atoms with Gasteiger partial charge in [0.05, 0.1) is 23.8 Å². The topological polar surface area (TPSA) is 60.0 Å². The van der Waals surface area contributed by atoms with Crippen LogP contribution in [0.3, 0.4) is 0 Å². The lowest BCUT2D eigenvalue weighted by atomic mass is 10.1. The minimum Gasteiger partial charge on any atom is -0.315 e. The molecule has 0 aliphatic carbocycles. The summed E-state index contributed by atoms with van der Waals surface area (Å²) in [6, 6.07) is 11.1. The van der Waals surface area contributed by atoms with Gasteiger partial charge in [0, 0.05) is 48.5 Å². The molecule has 0 amide bonds. The lowest BCUT2D eigenvalue weighted by Crippen LogP contribution is -1.97. The summed E-state index contributed by atoms with van der Waals surface area (Å²) in [4.78, 5) is 9.06. The first kappa shape index (κ1) is 20.2. The van der Waals surface area contributed by atoms with E-state index in [0.29, 0.717) is 11.5 Å². The first-order valence-electron chi connectivity index (χ1n) is 9.75. The number of nitrogens with one attached hydrogen (secondary N) is 1. The molecule has 0 spiro atoms. The van der Waals surface area contributed by atoms with Crippen LogP contribution in [0.2, 0.25) is 0 Å². The van der Waals surface area contributed by atoms with Crippen LogP contribution in [0.25, 0.3) is 39.3 Å². The SMILES string of the molecule is CSNc1cc(-c2cnc3cc(-c4cnn(C)c4)ccn23)cc(-c2ccc(F)cc2F)n1. The van der Waals surface area contributed by atoms with Crippen molar-refractivity contribution in [2.75, 3.05) is 11.0 Å². The predicted molar refractivity (Wildman–Crippen MR) is 123 cm³/mol. The van der Waals surface area contributed by atoms with Crippen LogP contribution >= 0.6 is 11.9 Å². The normalized spacial score (nSPS) is 11.2. The summed E-state index contributed by atoms with van der Waals surface area (Å²) in [6.07, 6.45) is 9.34. The molecule has 9 heteroatoms. The molecular formula is C23H18F2N6S. The van der Waals surface area contributed by atoms with Crippen molar-refractivity contribution in [1.82, 2.24) is 24.1 Å². The lowest BCUT2D eigenvalue weighted by Gasteiger charge is -2.11. The van der Waals surface area contributed by atoms with E-state index >= 15 is 0 Å². The molecule has 0 unspecified atom stereocenters. The van der Waals surface area contributed by atoms with Crippen molar-refractivity contribution in [3.63, 3.8) is 0 Å². The maximum Gasteiger partial charge on any atom is 0.137 e. The molecule has 0 aliphatic rings. The zero-order chi connectivity index (χ0) is 22.2. The van der Waals surface area contributed by atoms with E-state index in [1.807, 2.05) is 54.5 Å². The molecule has 0 fully saturated rings. The van der Waals surface area contributed by atoms with Gasteiger partial charge in [-0.3, -0.25) is 9.08 Å². The summed E-state index contributed by atoms with van der Waals surface area (Å²) in [7, 11) is 1.88. The molecule has 0 saturated carbocycles. The Labute approximate surface area is 187 Å². The number of imidazole rings is 1. The standard InChI is InChI=1S/C23H18F2N6S/c1-30-13-16(11-27-30)14-5-6-31-21(12-26-23(31)9-14)15-7-20(28-22(8-15)29-32-2)18-4-3-17(24)10-19(18)25/h3-13H,1-2H3,(H,28,29). The molecular weight excluding hydrogens is 430 g/mol. The van der Waals surface area contributed by atoms with Crippen LogP contribution in [0, 0.1) is 11.6 Å². The first-order valence-corrected chi connectivity index (χ1v) is 11.0. The Balaban J connectivity index is 1.62. The molecule has 0 radical (unpaired) electrons. The van der Waals surface area contributed by atoms with Crippen LogP contribution < -0.4 is 4.72 Å². The quantitative estimate of drug-likeness (QED) is 0.363. The van der Waals surface area contributed by atoms with Crippen molar-refractivity contribution in [2.24, 2.45) is 7.05 Å². The van der Waals surface area contributed by atoms with Gasteiger partial charge in [-0.05, 0) is 42.0 Å². The van der Waals surface area contributed by atoms with Gasteiger partial charge in [0.25, 0.3) is 0 Å². The monoisotopic (exact) mass is 448 g/mol. The van der Waals surface area contributed by atoms with E-state index in [1.165, 1.54) is 24.1 Å². The van der Waals surface area contributed by atoms with Gasteiger partial charge in [-0.2, -0.15) is 5.10 Å². The minimum absolute atomic E-state index is 0.227. The molecule has 0 aliphatic heterocycles. The molecule has 5 rings (SSSR count). The van der Waals surface area contributed by atoms with E-state index in [-0.39, 0.29) is 5.56 Å². The van der Waals surface area contributed by atoms with Crippen molar-refractivity contribution in [1.29, 1.82) is 0 Å². The number of anilines is 1. The van der Waals surface area contributed by atoms with E-state index in [1.54, 1.807) is 16.9 Å². The molecule has 6 nitrogen and oxygen atoms in total. The van der Waals surface area contributed by atoms with E-state index in [9.17, 15) is 8.78 Å².